The molecular formula is C11H20N2O3S. The molecular weight excluding hydrogens is 240 g/mol. The lowest BCUT2D eigenvalue weighted by Gasteiger charge is -2.20. The summed E-state index contributed by atoms with van der Waals surface area (Å²) in [5, 5.41) is 8.38. The highest BCUT2D eigenvalue weighted by Gasteiger charge is 2.29. The quantitative estimate of drug-likeness (QED) is 0.737. The van der Waals surface area contributed by atoms with Gasteiger partial charge >= 0.3 is 0 Å². The normalized spacial score (nSPS) is 11.9. The number of rotatable bonds is 5. The second-order valence-electron chi connectivity index (χ2n) is 4.90. The van der Waals surface area contributed by atoms with Crippen LogP contribution in [0.25, 0.3) is 0 Å². The van der Waals surface area contributed by atoms with E-state index in [0.29, 0.717) is 6.54 Å². The molecule has 0 heterocycles. The molecule has 5 nitrogen and oxygen atoms in total. The van der Waals surface area contributed by atoms with Crippen LogP contribution in [0, 0.1) is 11.3 Å². The van der Waals surface area contributed by atoms with Gasteiger partial charge in [-0.2, -0.15) is 5.26 Å². The van der Waals surface area contributed by atoms with Crippen LogP contribution in [0.15, 0.2) is 0 Å². The molecule has 1 amide bonds. The summed E-state index contributed by atoms with van der Waals surface area (Å²) in [6, 6.07) is 1.94. The van der Waals surface area contributed by atoms with Crippen LogP contribution in [0.5, 0.6) is 0 Å². The monoisotopic (exact) mass is 260 g/mol. The minimum Gasteiger partial charge on any atom is -0.345 e. The van der Waals surface area contributed by atoms with Crippen molar-refractivity contribution in [3.63, 3.8) is 0 Å². The molecule has 0 saturated carbocycles. The van der Waals surface area contributed by atoms with Crippen LogP contribution in [0.2, 0.25) is 0 Å². The van der Waals surface area contributed by atoms with Crippen molar-refractivity contribution in [1.82, 2.24) is 4.90 Å². The number of carbonyl (C=O) groups is 1. The minimum absolute atomic E-state index is 0.0263. The number of hydrogen-bond acceptors (Lipinski definition) is 4. The van der Waals surface area contributed by atoms with Crippen molar-refractivity contribution >= 4 is 15.7 Å². The lowest BCUT2D eigenvalue weighted by molar-refractivity contribution is -0.129. The molecule has 0 atom stereocenters. The van der Waals surface area contributed by atoms with E-state index in [1.807, 2.05) is 6.07 Å². The Balaban J connectivity index is 4.32. The molecule has 0 aromatic rings. The van der Waals surface area contributed by atoms with E-state index in [0.717, 1.165) is 0 Å². The fourth-order valence-corrected chi connectivity index (χ4v) is 2.12. The average molecular weight is 260 g/mol. The Kier molecular flexibility index (Phi) is 5.62. The van der Waals surface area contributed by atoms with Crippen LogP contribution in [0.1, 0.15) is 33.6 Å². The Hall–Kier alpha value is -1.09. The van der Waals surface area contributed by atoms with E-state index in [-0.39, 0.29) is 24.5 Å². The van der Waals surface area contributed by atoms with Crippen molar-refractivity contribution in [2.75, 3.05) is 19.3 Å². The summed E-state index contributed by atoms with van der Waals surface area (Å²) in [5.41, 5.74) is 0. The zero-order chi connectivity index (χ0) is 13.7. The smallest absolute Gasteiger partial charge is 0.223 e. The van der Waals surface area contributed by atoms with Crippen molar-refractivity contribution in [3.8, 4) is 6.07 Å². The number of carbonyl (C=O) groups excluding carboxylic acids is 1. The van der Waals surface area contributed by atoms with Gasteiger partial charge in [0.2, 0.25) is 5.91 Å². The highest BCUT2D eigenvalue weighted by atomic mass is 32.2. The SMILES string of the molecule is CN(CCC#N)C(=O)CCS(=O)(=O)C(C)(C)C. The third-order valence-electron chi connectivity index (χ3n) is 2.50. The van der Waals surface area contributed by atoms with Gasteiger partial charge in [-0.25, -0.2) is 8.42 Å². The Morgan fingerprint density at radius 2 is 1.88 bits per heavy atom. The third kappa shape index (κ3) is 5.18. The Morgan fingerprint density at radius 1 is 1.35 bits per heavy atom. The summed E-state index contributed by atoms with van der Waals surface area (Å²) in [6.45, 7) is 5.19. The molecule has 0 rings (SSSR count). The van der Waals surface area contributed by atoms with Gasteiger partial charge in [-0.05, 0) is 20.8 Å². The maximum Gasteiger partial charge on any atom is 0.223 e. The fourth-order valence-electron chi connectivity index (χ4n) is 1.06. The summed E-state index contributed by atoms with van der Waals surface area (Å²) in [6.07, 6.45) is 0.232. The second kappa shape index (κ2) is 6.01. The van der Waals surface area contributed by atoms with Gasteiger partial charge in [0.25, 0.3) is 0 Å². The largest absolute Gasteiger partial charge is 0.345 e. The second-order valence-corrected chi connectivity index (χ2v) is 7.77. The van der Waals surface area contributed by atoms with Crippen LogP contribution in [-0.2, 0) is 14.6 Å². The average Bonchev–Trinajstić information content (AvgIpc) is 2.20. The Labute approximate surface area is 103 Å². The predicted octanol–water partition coefficient (Wildman–Crippen LogP) is 0.962. The van der Waals surface area contributed by atoms with Crippen molar-refractivity contribution in [3.05, 3.63) is 0 Å². The summed E-state index contributed by atoms with van der Waals surface area (Å²) in [4.78, 5) is 13.0. The van der Waals surface area contributed by atoms with Gasteiger partial charge in [0.05, 0.1) is 23.0 Å². The van der Waals surface area contributed by atoms with E-state index in [4.69, 9.17) is 5.26 Å². The zero-order valence-electron chi connectivity index (χ0n) is 10.9. The van der Waals surface area contributed by atoms with E-state index in [9.17, 15) is 13.2 Å². The first-order chi connectivity index (χ1) is 7.62. The molecule has 0 radical (unpaired) electrons. The molecule has 0 saturated heterocycles. The zero-order valence-corrected chi connectivity index (χ0v) is 11.7. The summed E-state index contributed by atoms with van der Waals surface area (Å²) in [5.74, 6) is -0.389. The maximum atomic E-state index is 11.8. The number of nitrogens with zero attached hydrogens (tertiary/aromatic N) is 2. The molecule has 98 valence electrons. The molecule has 0 fully saturated rings. The molecule has 17 heavy (non-hydrogen) atoms. The van der Waals surface area contributed by atoms with E-state index in [1.165, 1.54) is 4.90 Å². The Morgan fingerprint density at radius 3 is 2.29 bits per heavy atom. The molecule has 0 unspecified atom stereocenters. The van der Waals surface area contributed by atoms with Crippen LogP contribution < -0.4 is 0 Å². The summed E-state index contributed by atoms with van der Waals surface area (Å²) in [7, 11) is -1.69. The van der Waals surface area contributed by atoms with Crippen molar-refractivity contribution in [1.29, 1.82) is 5.26 Å². The number of nitriles is 1. The first-order valence-corrected chi connectivity index (χ1v) is 7.10. The standard InChI is InChI=1S/C11H20N2O3S/c1-11(2,3)17(15,16)9-6-10(14)13(4)8-5-7-12/h5-6,8-9H2,1-4H3. The highest BCUT2D eigenvalue weighted by molar-refractivity contribution is 7.92. The van der Waals surface area contributed by atoms with Crippen molar-refractivity contribution in [2.45, 2.75) is 38.4 Å². The molecule has 0 spiro atoms. The van der Waals surface area contributed by atoms with E-state index >= 15 is 0 Å². The summed E-state index contributed by atoms with van der Waals surface area (Å²) >= 11 is 0. The fraction of sp³-hybridized carbons (Fsp3) is 0.818. The van der Waals surface area contributed by atoms with E-state index in [2.05, 4.69) is 0 Å². The molecule has 0 aliphatic rings. The highest BCUT2D eigenvalue weighted by Crippen LogP contribution is 2.16. The van der Waals surface area contributed by atoms with Gasteiger partial charge in [-0.15, -0.1) is 0 Å². The molecule has 0 aliphatic heterocycles. The van der Waals surface area contributed by atoms with E-state index < -0.39 is 14.6 Å². The van der Waals surface area contributed by atoms with Gasteiger partial charge in [0.15, 0.2) is 9.84 Å². The topological polar surface area (TPSA) is 78.2 Å². The minimum atomic E-state index is -3.26. The van der Waals surface area contributed by atoms with Crippen molar-refractivity contribution in [2.24, 2.45) is 0 Å². The number of amides is 1. The van der Waals surface area contributed by atoms with Gasteiger partial charge in [-0.3, -0.25) is 4.79 Å². The third-order valence-corrected chi connectivity index (χ3v) is 5.11. The van der Waals surface area contributed by atoms with Gasteiger partial charge in [0, 0.05) is 20.0 Å². The predicted molar refractivity (Wildman–Crippen MR) is 66.0 cm³/mol. The number of hydrogen-bond donors (Lipinski definition) is 0. The molecule has 0 aromatic carbocycles. The van der Waals surface area contributed by atoms with E-state index in [1.54, 1.807) is 27.8 Å². The van der Waals surface area contributed by atoms with Crippen molar-refractivity contribution < 1.29 is 13.2 Å². The molecule has 0 aliphatic carbocycles. The molecule has 0 N–H and O–H groups in total. The first-order valence-electron chi connectivity index (χ1n) is 5.45. The first kappa shape index (κ1) is 15.9. The molecule has 0 aromatic heterocycles. The van der Waals surface area contributed by atoms with Crippen LogP contribution in [0.3, 0.4) is 0 Å². The Bertz CT molecular complexity index is 401. The van der Waals surface area contributed by atoms with Gasteiger partial charge in [-0.1, -0.05) is 0 Å². The number of sulfone groups is 1. The molecule has 6 heteroatoms. The van der Waals surface area contributed by atoms with Crippen LogP contribution in [0.4, 0.5) is 0 Å². The van der Waals surface area contributed by atoms with Gasteiger partial charge in [0.1, 0.15) is 0 Å². The lowest BCUT2D eigenvalue weighted by Crippen LogP contribution is -2.34. The summed E-state index contributed by atoms with van der Waals surface area (Å²) < 4.78 is 22.7. The van der Waals surface area contributed by atoms with Crippen LogP contribution >= 0.6 is 0 Å². The molecule has 0 bridgehead atoms. The van der Waals surface area contributed by atoms with Gasteiger partial charge < -0.3 is 4.90 Å². The lowest BCUT2D eigenvalue weighted by atomic mass is 10.3. The van der Waals surface area contributed by atoms with Crippen LogP contribution in [-0.4, -0.2) is 43.3 Å². The maximum absolute atomic E-state index is 11.8.